The molecule has 1 amide bonds. The maximum absolute atomic E-state index is 14.3. The Morgan fingerprint density at radius 3 is 2.24 bits per heavy atom. The second-order valence-electron chi connectivity index (χ2n) is 16.6. The molecule has 6 nitrogen and oxygen atoms in total. The van der Waals surface area contributed by atoms with E-state index in [-0.39, 0.29) is 51.8 Å². The number of rotatable bonds is 6. The summed E-state index contributed by atoms with van der Waals surface area (Å²) < 4.78 is 11.2. The second kappa shape index (κ2) is 11.3. The summed E-state index contributed by atoms with van der Waals surface area (Å²) in [5, 5.41) is 3.28. The Balaban J connectivity index is 1.30. The van der Waals surface area contributed by atoms with Gasteiger partial charge in [-0.3, -0.25) is 14.4 Å². The molecule has 5 aliphatic carbocycles. The van der Waals surface area contributed by atoms with Crippen LogP contribution in [0.5, 0.6) is 5.75 Å². The van der Waals surface area contributed by atoms with Crippen LogP contribution in [-0.2, 0) is 25.7 Å². The smallest absolute Gasteiger partial charge is 0.302 e. The Morgan fingerprint density at radius 2 is 1.60 bits per heavy atom. The fraction of sp³-hybridized carbons (Fsp3) is 0.718. The number of hydrogen-bond donors (Lipinski definition) is 1. The molecule has 0 aliphatic heterocycles. The molecule has 0 aromatic heterocycles. The van der Waals surface area contributed by atoms with Crippen molar-refractivity contribution in [3.05, 3.63) is 41.0 Å². The lowest BCUT2D eigenvalue weighted by Crippen LogP contribution is -2.63. The number of fused-ring (bicyclic) bond motifs is 7. The van der Waals surface area contributed by atoms with Crippen molar-refractivity contribution in [1.29, 1.82) is 0 Å². The molecule has 7 unspecified atom stereocenters. The number of allylic oxidation sites excluding steroid dienone is 1. The van der Waals surface area contributed by atoms with Crippen LogP contribution >= 0.6 is 0 Å². The summed E-state index contributed by atoms with van der Waals surface area (Å²) in [4.78, 5) is 40.1. The fourth-order valence-electron chi connectivity index (χ4n) is 12.1. The average Bonchev–Trinajstić information content (AvgIpc) is 3.31. The zero-order valence-electron chi connectivity index (χ0n) is 28.9. The number of ether oxygens (including phenoxy) is 2. The highest BCUT2D eigenvalue weighted by molar-refractivity contribution is 6.06. The molecule has 6 heteroatoms. The van der Waals surface area contributed by atoms with Gasteiger partial charge in [0.15, 0.2) is 5.78 Å². The first-order valence-corrected chi connectivity index (χ1v) is 17.5. The first-order chi connectivity index (χ1) is 21.2. The quantitative estimate of drug-likeness (QED) is 0.329. The Kier molecular flexibility index (Phi) is 8.09. The minimum atomic E-state index is -0.724. The lowest BCUT2D eigenvalue weighted by atomic mass is 9.36. The molecule has 0 radical (unpaired) electrons. The van der Waals surface area contributed by atoms with Crippen LogP contribution in [0.15, 0.2) is 35.4 Å². The van der Waals surface area contributed by atoms with Gasteiger partial charge >= 0.3 is 5.97 Å². The van der Waals surface area contributed by atoms with Gasteiger partial charge in [-0.2, -0.15) is 0 Å². The van der Waals surface area contributed by atoms with Crippen molar-refractivity contribution >= 4 is 17.7 Å². The average molecular weight is 618 g/mol. The summed E-state index contributed by atoms with van der Waals surface area (Å²) >= 11 is 0. The van der Waals surface area contributed by atoms with Crippen LogP contribution in [0.25, 0.3) is 0 Å². The molecule has 1 aromatic rings. The van der Waals surface area contributed by atoms with Gasteiger partial charge in [-0.25, -0.2) is 0 Å². The van der Waals surface area contributed by atoms with E-state index < -0.39 is 5.41 Å². The molecule has 1 aromatic carbocycles. The van der Waals surface area contributed by atoms with Crippen molar-refractivity contribution < 1.29 is 23.9 Å². The van der Waals surface area contributed by atoms with Crippen LogP contribution in [-0.4, -0.2) is 30.9 Å². The van der Waals surface area contributed by atoms with Crippen LogP contribution < -0.4 is 10.1 Å². The third kappa shape index (κ3) is 4.90. The van der Waals surface area contributed by atoms with E-state index in [1.165, 1.54) is 5.57 Å². The fourth-order valence-corrected chi connectivity index (χ4v) is 12.1. The van der Waals surface area contributed by atoms with Gasteiger partial charge in [0, 0.05) is 25.3 Å². The molecule has 0 saturated heterocycles. The van der Waals surface area contributed by atoms with E-state index in [2.05, 4.69) is 46.9 Å². The molecule has 0 heterocycles. The SMILES string of the molecule is COc1ccc(CNC(=O)[C@@]23CCC4C(CCC5C4(C)CCC4C(C)(C)C(OC(C)=O)CCC45C)C2=C(C(C)C)C(=O)C3)cc1. The van der Waals surface area contributed by atoms with Crippen molar-refractivity contribution in [2.24, 2.45) is 51.2 Å². The normalized spacial score (nSPS) is 38.5. The monoisotopic (exact) mass is 617 g/mol. The Morgan fingerprint density at radius 1 is 0.911 bits per heavy atom. The lowest BCUT2D eigenvalue weighted by Gasteiger charge is -2.68. The maximum Gasteiger partial charge on any atom is 0.302 e. The van der Waals surface area contributed by atoms with Gasteiger partial charge in [-0.15, -0.1) is 0 Å². The van der Waals surface area contributed by atoms with E-state index >= 15 is 0 Å². The standard InChI is InChI=1S/C39H55NO5/c1-23(2)33-29(42)21-39(35(43)40-22-25-9-11-26(44-8)12-10-25)20-15-28-27(34(33)39)13-14-31-37(28,6)18-16-30-36(4,5)32(45-24(3)41)17-19-38(30,31)7/h9-12,23,27-28,30-32H,13-22H2,1-8H3,(H,40,43)/t27?,28?,30?,31?,32?,37?,38?,39-/m1/s1. The van der Waals surface area contributed by atoms with Crippen molar-refractivity contribution in [1.82, 2.24) is 5.32 Å². The Labute approximate surface area is 270 Å². The summed E-state index contributed by atoms with van der Waals surface area (Å²) in [6.07, 6.45) is 8.53. The number of benzene rings is 1. The summed E-state index contributed by atoms with van der Waals surface area (Å²) in [5.74, 6) is 2.79. The third-order valence-corrected chi connectivity index (χ3v) is 13.9. The summed E-state index contributed by atoms with van der Waals surface area (Å²) in [7, 11) is 1.65. The van der Waals surface area contributed by atoms with Gasteiger partial charge in [0.2, 0.25) is 5.91 Å². The molecule has 1 N–H and O–H groups in total. The number of Topliss-reactive ketones (excluding diaryl/α,β-unsaturated/α-hetero) is 1. The predicted molar refractivity (Wildman–Crippen MR) is 175 cm³/mol. The minimum Gasteiger partial charge on any atom is -0.497 e. The second-order valence-corrected chi connectivity index (χ2v) is 16.6. The molecule has 0 bridgehead atoms. The van der Waals surface area contributed by atoms with E-state index in [1.54, 1.807) is 14.0 Å². The molecule has 246 valence electrons. The minimum absolute atomic E-state index is 0.0243. The topological polar surface area (TPSA) is 81.7 Å². The zero-order chi connectivity index (χ0) is 32.5. The highest BCUT2D eigenvalue weighted by Gasteiger charge is 2.67. The van der Waals surface area contributed by atoms with E-state index in [1.807, 2.05) is 24.3 Å². The summed E-state index contributed by atoms with van der Waals surface area (Å²) in [6, 6.07) is 7.82. The van der Waals surface area contributed by atoms with E-state index in [4.69, 9.17) is 9.47 Å². The molecule has 4 fully saturated rings. The van der Waals surface area contributed by atoms with Gasteiger partial charge in [0.05, 0.1) is 12.5 Å². The van der Waals surface area contributed by atoms with Crippen LogP contribution in [0.2, 0.25) is 0 Å². The first-order valence-electron chi connectivity index (χ1n) is 17.5. The van der Waals surface area contributed by atoms with Crippen LogP contribution in [0, 0.1) is 51.2 Å². The van der Waals surface area contributed by atoms with E-state index in [9.17, 15) is 14.4 Å². The van der Waals surface area contributed by atoms with Crippen LogP contribution in [0.3, 0.4) is 0 Å². The lowest BCUT2D eigenvalue weighted by molar-refractivity contribution is -0.212. The van der Waals surface area contributed by atoms with Gasteiger partial charge in [0.25, 0.3) is 0 Å². The predicted octanol–water partition coefficient (Wildman–Crippen LogP) is 7.83. The van der Waals surface area contributed by atoms with Crippen LogP contribution in [0.1, 0.15) is 112 Å². The van der Waals surface area contributed by atoms with Crippen molar-refractivity contribution in [3.8, 4) is 5.75 Å². The molecule has 45 heavy (non-hydrogen) atoms. The number of carbonyl (C=O) groups is 3. The molecule has 6 rings (SSSR count). The molecular formula is C39H55NO5. The number of esters is 1. The molecule has 0 spiro atoms. The number of amides is 1. The largest absolute Gasteiger partial charge is 0.497 e. The van der Waals surface area contributed by atoms with E-state index in [0.29, 0.717) is 30.7 Å². The highest BCUT2D eigenvalue weighted by Crippen LogP contribution is 2.73. The van der Waals surface area contributed by atoms with Crippen LogP contribution in [0.4, 0.5) is 0 Å². The highest BCUT2D eigenvalue weighted by atomic mass is 16.5. The summed E-state index contributed by atoms with van der Waals surface area (Å²) in [5.41, 5.74) is 2.74. The number of carbonyl (C=O) groups excluding carboxylic acids is 3. The Hall–Kier alpha value is -2.63. The summed E-state index contributed by atoms with van der Waals surface area (Å²) in [6.45, 7) is 16.0. The maximum atomic E-state index is 14.3. The van der Waals surface area contributed by atoms with E-state index in [0.717, 1.165) is 68.3 Å². The van der Waals surface area contributed by atoms with Gasteiger partial charge in [-0.1, -0.05) is 53.7 Å². The number of methoxy groups -OCH3 is 1. The van der Waals surface area contributed by atoms with Gasteiger partial charge in [-0.05, 0) is 121 Å². The van der Waals surface area contributed by atoms with Gasteiger partial charge < -0.3 is 14.8 Å². The van der Waals surface area contributed by atoms with Gasteiger partial charge in [0.1, 0.15) is 11.9 Å². The van der Waals surface area contributed by atoms with Crippen molar-refractivity contribution in [2.45, 2.75) is 119 Å². The number of ketones is 1. The molecular weight excluding hydrogens is 562 g/mol. The first kappa shape index (κ1) is 32.3. The third-order valence-electron chi connectivity index (χ3n) is 13.9. The number of hydrogen-bond acceptors (Lipinski definition) is 5. The number of nitrogens with one attached hydrogen (secondary N) is 1. The molecule has 4 saturated carbocycles. The zero-order valence-corrected chi connectivity index (χ0v) is 28.9. The van der Waals surface area contributed by atoms with Crippen molar-refractivity contribution in [2.75, 3.05) is 7.11 Å². The Bertz CT molecular complexity index is 1390. The van der Waals surface area contributed by atoms with Crippen molar-refractivity contribution in [3.63, 3.8) is 0 Å². The molecule has 5 aliphatic rings. The molecule has 8 atom stereocenters.